The van der Waals surface area contributed by atoms with Gasteiger partial charge in [-0.1, -0.05) is 176 Å². The third-order valence-electron chi connectivity index (χ3n) is 9.38. The zero-order valence-electron chi connectivity index (χ0n) is 28.3. The smallest absolute Gasteiger partial charge is 0.161 e. The minimum Gasteiger partial charge on any atom is -0.344 e. The Labute approximate surface area is 302 Å². The van der Waals surface area contributed by atoms with Crippen molar-refractivity contribution in [3.8, 4) is 44.9 Å². The van der Waals surface area contributed by atoms with Crippen molar-refractivity contribution in [2.75, 3.05) is 0 Å². The van der Waals surface area contributed by atoms with E-state index in [4.69, 9.17) is 20.0 Å². The van der Waals surface area contributed by atoms with Gasteiger partial charge in [0.1, 0.15) is 12.0 Å². The second kappa shape index (κ2) is 13.7. The van der Waals surface area contributed by atoms with E-state index in [9.17, 15) is 0 Å². The minimum atomic E-state index is -0.284. The van der Waals surface area contributed by atoms with E-state index in [1.54, 1.807) is 0 Å². The van der Waals surface area contributed by atoms with E-state index in [1.807, 2.05) is 54.6 Å². The van der Waals surface area contributed by atoms with Gasteiger partial charge in [-0.2, -0.15) is 0 Å². The fourth-order valence-corrected chi connectivity index (χ4v) is 6.83. The fraction of sp³-hybridized carbons (Fsp3) is 0.0213. The first-order chi connectivity index (χ1) is 25.8. The minimum absolute atomic E-state index is 0.284. The molecular weight excluding hydrogens is 635 g/mol. The van der Waals surface area contributed by atoms with Crippen LogP contribution in [-0.4, -0.2) is 21.6 Å². The van der Waals surface area contributed by atoms with Crippen LogP contribution in [-0.2, 0) is 0 Å². The Balaban J connectivity index is 1.20. The van der Waals surface area contributed by atoms with Gasteiger partial charge >= 0.3 is 0 Å². The molecular formula is C47H33N5. The molecule has 0 fully saturated rings. The van der Waals surface area contributed by atoms with Gasteiger partial charge in [0.2, 0.25) is 0 Å². The molecule has 1 unspecified atom stereocenters. The number of aromatic nitrogens is 2. The molecule has 1 aromatic heterocycles. The summed E-state index contributed by atoms with van der Waals surface area (Å²) in [5.41, 5.74) is 11.2. The molecule has 0 aliphatic carbocycles. The van der Waals surface area contributed by atoms with Crippen molar-refractivity contribution in [3.63, 3.8) is 0 Å². The molecule has 1 N–H and O–H groups in total. The van der Waals surface area contributed by atoms with E-state index in [2.05, 4.69) is 139 Å². The van der Waals surface area contributed by atoms with Crippen molar-refractivity contribution in [3.05, 3.63) is 205 Å². The normalized spacial score (nSPS) is 14.0. The number of para-hydroxylation sites is 1. The lowest BCUT2D eigenvalue weighted by Gasteiger charge is -2.24. The molecule has 52 heavy (non-hydrogen) atoms. The van der Waals surface area contributed by atoms with Crippen LogP contribution in [0.5, 0.6) is 0 Å². The first kappa shape index (κ1) is 31.0. The van der Waals surface area contributed by atoms with E-state index in [-0.39, 0.29) is 6.17 Å². The number of nitrogens with zero attached hydrogens (tertiary/aromatic N) is 4. The van der Waals surface area contributed by atoms with Crippen LogP contribution >= 0.6 is 0 Å². The molecule has 0 bridgehead atoms. The lowest BCUT2D eigenvalue weighted by molar-refractivity contribution is 0.674. The monoisotopic (exact) mass is 667 g/mol. The van der Waals surface area contributed by atoms with Crippen LogP contribution in [0.4, 0.5) is 0 Å². The van der Waals surface area contributed by atoms with Gasteiger partial charge in [0.15, 0.2) is 11.7 Å². The molecule has 2 heterocycles. The van der Waals surface area contributed by atoms with Crippen molar-refractivity contribution >= 4 is 22.6 Å². The molecule has 5 nitrogen and oxygen atoms in total. The number of hydrogen-bond acceptors (Lipinski definition) is 5. The Morgan fingerprint density at radius 1 is 0.423 bits per heavy atom. The van der Waals surface area contributed by atoms with Crippen LogP contribution in [0, 0.1) is 0 Å². The fourth-order valence-electron chi connectivity index (χ4n) is 6.83. The largest absolute Gasteiger partial charge is 0.344 e. The Hall–Kier alpha value is -6.98. The maximum atomic E-state index is 5.24. The van der Waals surface area contributed by atoms with Crippen LogP contribution < -0.4 is 5.32 Å². The number of benzene rings is 7. The molecule has 0 spiro atoms. The summed E-state index contributed by atoms with van der Waals surface area (Å²) in [7, 11) is 0. The van der Waals surface area contributed by atoms with Crippen LogP contribution in [0.2, 0.25) is 0 Å². The number of aliphatic imine (C=N–C) groups is 2. The standard InChI is InChI=1S/C47H33N5/c1-5-17-32(18-6-1)41-31-36(46-51-44(34-21-9-3-10-22-34)50-45(52-46)35-23-11-4-12-24-35)29-30-38(41)37-25-13-14-26-39(37)47-48-42-28-16-15-27-40(42)43(49-47)33-19-7-2-8-20-33/h1-31,44H,(H,50,51,52). The SMILES string of the molecule is c1ccc(C2=NC(c3ccccc3)NC(c3ccc(-c4ccccc4-c4nc(-c5ccccc5)c5ccccc5n4)c(-c4ccccc4)c3)=N2)cc1. The summed E-state index contributed by atoms with van der Waals surface area (Å²) < 4.78 is 0. The van der Waals surface area contributed by atoms with Crippen LogP contribution in [0.25, 0.3) is 55.8 Å². The lowest BCUT2D eigenvalue weighted by atomic mass is 9.89. The maximum absolute atomic E-state index is 5.24. The second-order valence-electron chi connectivity index (χ2n) is 12.7. The summed E-state index contributed by atoms with van der Waals surface area (Å²) in [5.74, 6) is 2.15. The molecule has 9 rings (SSSR count). The number of rotatable bonds is 7. The van der Waals surface area contributed by atoms with Crippen LogP contribution in [0.1, 0.15) is 22.9 Å². The van der Waals surface area contributed by atoms with Gasteiger partial charge < -0.3 is 5.32 Å². The van der Waals surface area contributed by atoms with E-state index >= 15 is 0 Å². The Morgan fingerprint density at radius 3 is 1.73 bits per heavy atom. The molecule has 246 valence electrons. The third-order valence-corrected chi connectivity index (χ3v) is 9.38. The number of hydrogen-bond donors (Lipinski definition) is 1. The molecule has 8 aromatic rings. The molecule has 0 amide bonds. The van der Waals surface area contributed by atoms with Crippen molar-refractivity contribution in [1.29, 1.82) is 0 Å². The van der Waals surface area contributed by atoms with Crippen molar-refractivity contribution in [2.45, 2.75) is 6.17 Å². The van der Waals surface area contributed by atoms with Crippen molar-refractivity contribution in [1.82, 2.24) is 15.3 Å². The van der Waals surface area contributed by atoms with E-state index < -0.39 is 0 Å². The predicted octanol–water partition coefficient (Wildman–Crippen LogP) is 10.8. The van der Waals surface area contributed by atoms with Crippen molar-refractivity contribution < 1.29 is 0 Å². The summed E-state index contributed by atoms with van der Waals surface area (Å²) >= 11 is 0. The third kappa shape index (κ3) is 6.05. The molecule has 7 aromatic carbocycles. The average molecular weight is 668 g/mol. The summed E-state index contributed by atoms with van der Waals surface area (Å²) in [4.78, 5) is 20.5. The van der Waals surface area contributed by atoms with E-state index in [0.717, 1.165) is 72.5 Å². The highest BCUT2D eigenvalue weighted by molar-refractivity contribution is 6.13. The Bertz CT molecular complexity index is 2580. The quantitative estimate of drug-likeness (QED) is 0.184. The molecule has 0 radical (unpaired) electrons. The van der Waals surface area contributed by atoms with Gasteiger partial charge in [0.05, 0.1) is 11.2 Å². The highest BCUT2D eigenvalue weighted by atomic mass is 15.2. The lowest BCUT2D eigenvalue weighted by Crippen LogP contribution is -2.33. The second-order valence-corrected chi connectivity index (χ2v) is 12.7. The first-order valence-electron chi connectivity index (χ1n) is 17.4. The van der Waals surface area contributed by atoms with E-state index in [1.165, 1.54) is 0 Å². The zero-order valence-corrected chi connectivity index (χ0v) is 28.3. The zero-order chi connectivity index (χ0) is 34.7. The number of nitrogens with one attached hydrogen (secondary N) is 1. The molecule has 1 atom stereocenters. The summed E-state index contributed by atoms with van der Waals surface area (Å²) in [6, 6.07) is 64.6. The summed E-state index contributed by atoms with van der Waals surface area (Å²) in [5, 5.41) is 4.67. The van der Waals surface area contributed by atoms with Gasteiger partial charge in [-0.3, -0.25) is 0 Å². The topological polar surface area (TPSA) is 62.5 Å². The Morgan fingerprint density at radius 2 is 1.00 bits per heavy atom. The first-order valence-corrected chi connectivity index (χ1v) is 17.4. The van der Waals surface area contributed by atoms with Gasteiger partial charge in [-0.25, -0.2) is 20.0 Å². The Kier molecular flexibility index (Phi) is 8.20. The molecule has 1 aliphatic rings. The average Bonchev–Trinajstić information content (AvgIpc) is 3.24. The van der Waals surface area contributed by atoms with Gasteiger partial charge in [0.25, 0.3) is 0 Å². The summed E-state index contributed by atoms with van der Waals surface area (Å²) in [6.07, 6.45) is -0.284. The molecule has 5 heteroatoms. The van der Waals surface area contributed by atoms with Crippen LogP contribution in [0.3, 0.4) is 0 Å². The molecule has 1 aliphatic heterocycles. The number of fused-ring (bicyclic) bond motifs is 1. The predicted molar refractivity (Wildman–Crippen MR) is 213 cm³/mol. The summed E-state index contributed by atoms with van der Waals surface area (Å²) in [6.45, 7) is 0. The highest BCUT2D eigenvalue weighted by Gasteiger charge is 2.23. The van der Waals surface area contributed by atoms with Gasteiger partial charge in [-0.15, -0.1) is 0 Å². The van der Waals surface area contributed by atoms with Gasteiger partial charge in [0, 0.05) is 27.6 Å². The van der Waals surface area contributed by atoms with Crippen LogP contribution in [0.15, 0.2) is 198 Å². The van der Waals surface area contributed by atoms with E-state index in [0.29, 0.717) is 11.7 Å². The van der Waals surface area contributed by atoms with Gasteiger partial charge in [-0.05, 0) is 39.9 Å². The highest BCUT2D eigenvalue weighted by Crippen LogP contribution is 2.39. The maximum Gasteiger partial charge on any atom is 0.161 e. The molecule has 0 saturated carbocycles. The number of amidine groups is 2. The van der Waals surface area contributed by atoms with Crippen molar-refractivity contribution in [2.24, 2.45) is 9.98 Å². The molecule has 0 saturated heterocycles.